The maximum Gasteiger partial charge on any atom is 0.261 e. The highest BCUT2D eigenvalue weighted by Crippen LogP contribution is 2.29. The van der Waals surface area contributed by atoms with E-state index in [1.165, 1.54) is 4.90 Å². The lowest BCUT2D eigenvalue weighted by Crippen LogP contribution is -2.41. The second kappa shape index (κ2) is 8.99. The van der Waals surface area contributed by atoms with Gasteiger partial charge in [-0.25, -0.2) is 0 Å². The predicted octanol–water partition coefficient (Wildman–Crippen LogP) is 2.22. The summed E-state index contributed by atoms with van der Waals surface area (Å²) in [5.41, 5.74) is 6.64. The van der Waals surface area contributed by atoms with E-state index in [0.29, 0.717) is 24.2 Å². The van der Waals surface area contributed by atoms with Crippen molar-refractivity contribution < 1.29 is 9.59 Å². The first-order valence-corrected chi connectivity index (χ1v) is 7.53. The van der Waals surface area contributed by atoms with Crippen LogP contribution in [0.2, 0.25) is 0 Å². The molecule has 3 rings (SSSR count). The second-order valence-electron chi connectivity index (χ2n) is 5.36. The third kappa shape index (κ3) is 3.70. The van der Waals surface area contributed by atoms with E-state index in [0.717, 1.165) is 30.3 Å². The molecule has 0 atom stereocenters. The molecule has 0 fully saturated rings. The molecule has 2 aromatic rings. The predicted molar refractivity (Wildman–Crippen MR) is 100 cm³/mol. The van der Waals surface area contributed by atoms with Crippen LogP contribution in [0.4, 0.5) is 0 Å². The summed E-state index contributed by atoms with van der Waals surface area (Å²) in [6.07, 6.45) is 0.718. The Balaban J connectivity index is 0.00000144. The molecule has 0 bridgehead atoms. The fourth-order valence-electron chi connectivity index (χ4n) is 2.87. The van der Waals surface area contributed by atoms with Gasteiger partial charge < -0.3 is 11.1 Å². The Morgan fingerprint density at radius 3 is 2.04 bits per heavy atom. The molecule has 0 spiro atoms. The molecular formula is C17H21Cl2N3O2. The summed E-state index contributed by atoms with van der Waals surface area (Å²) in [5.74, 6) is -0.402. The largest absolute Gasteiger partial charge is 0.329 e. The summed E-state index contributed by atoms with van der Waals surface area (Å²) in [6, 6.07) is 11.2. The number of amides is 2. The molecule has 2 aromatic carbocycles. The van der Waals surface area contributed by atoms with Crippen molar-refractivity contribution in [1.82, 2.24) is 10.2 Å². The minimum Gasteiger partial charge on any atom is -0.329 e. The van der Waals surface area contributed by atoms with Gasteiger partial charge >= 0.3 is 0 Å². The quantitative estimate of drug-likeness (QED) is 0.604. The summed E-state index contributed by atoms with van der Waals surface area (Å²) in [4.78, 5) is 26.5. The van der Waals surface area contributed by atoms with E-state index in [1.54, 1.807) is 12.1 Å². The van der Waals surface area contributed by atoms with Crippen LogP contribution in [0.1, 0.15) is 27.1 Å². The molecule has 1 heterocycles. The van der Waals surface area contributed by atoms with Gasteiger partial charge in [0.2, 0.25) is 0 Å². The van der Waals surface area contributed by atoms with Crippen molar-refractivity contribution in [3.05, 3.63) is 47.5 Å². The standard InChI is InChI=1S/C17H19N3O2.2ClH/c18-8-10-19-9-3-11-20-16(21)13-6-1-4-12-5-2-7-14(15(12)13)17(20)22;;/h1-2,4-7,19H,3,8-11,18H2;2*1H. The number of carbonyl (C=O) groups excluding carboxylic acids is 2. The molecule has 0 saturated carbocycles. The zero-order chi connectivity index (χ0) is 15.5. The number of imide groups is 1. The zero-order valence-electron chi connectivity index (χ0n) is 13.2. The Labute approximate surface area is 153 Å². The van der Waals surface area contributed by atoms with Crippen LogP contribution in [0.25, 0.3) is 10.8 Å². The maximum atomic E-state index is 12.6. The van der Waals surface area contributed by atoms with Crippen LogP contribution in [-0.2, 0) is 0 Å². The highest BCUT2D eigenvalue weighted by atomic mass is 35.5. The number of nitrogens with zero attached hydrogens (tertiary/aromatic N) is 1. The second-order valence-corrected chi connectivity index (χ2v) is 5.36. The van der Waals surface area contributed by atoms with Gasteiger partial charge in [0.15, 0.2) is 0 Å². The number of nitrogens with two attached hydrogens (primary N) is 1. The monoisotopic (exact) mass is 369 g/mol. The third-order valence-corrected chi connectivity index (χ3v) is 3.91. The molecule has 0 aliphatic carbocycles. The lowest BCUT2D eigenvalue weighted by molar-refractivity contribution is 0.0609. The van der Waals surface area contributed by atoms with Gasteiger partial charge in [-0.1, -0.05) is 24.3 Å². The van der Waals surface area contributed by atoms with Gasteiger partial charge in [-0.15, -0.1) is 24.8 Å². The van der Waals surface area contributed by atoms with Crippen molar-refractivity contribution in [2.24, 2.45) is 5.73 Å². The number of hydrogen-bond acceptors (Lipinski definition) is 4. The smallest absolute Gasteiger partial charge is 0.261 e. The van der Waals surface area contributed by atoms with Crippen molar-refractivity contribution >= 4 is 47.4 Å². The number of nitrogens with one attached hydrogen (secondary N) is 1. The molecule has 2 amide bonds. The fraction of sp³-hybridized carbons (Fsp3) is 0.294. The van der Waals surface area contributed by atoms with Crippen LogP contribution >= 0.6 is 24.8 Å². The summed E-state index contributed by atoms with van der Waals surface area (Å²) >= 11 is 0. The van der Waals surface area contributed by atoms with E-state index in [9.17, 15) is 9.59 Å². The van der Waals surface area contributed by atoms with Crippen molar-refractivity contribution in [2.75, 3.05) is 26.2 Å². The summed E-state index contributed by atoms with van der Waals surface area (Å²) < 4.78 is 0. The summed E-state index contributed by atoms with van der Waals surface area (Å²) in [6.45, 7) is 2.47. The van der Waals surface area contributed by atoms with Crippen molar-refractivity contribution in [3.63, 3.8) is 0 Å². The van der Waals surface area contributed by atoms with Crippen LogP contribution < -0.4 is 11.1 Å². The lowest BCUT2D eigenvalue weighted by atomic mass is 9.94. The highest BCUT2D eigenvalue weighted by molar-refractivity contribution is 6.25. The SMILES string of the molecule is Cl.Cl.NCCNCCCN1C(=O)c2cccc3cccc(c23)C1=O. The Hall–Kier alpha value is -1.66. The van der Waals surface area contributed by atoms with Gasteiger partial charge in [-0.3, -0.25) is 14.5 Å². The molecular weight excluding hydrogens is 349 g/mol. The van der Waals surface area contributed by atoms with Crippen LogP contribution in [0.15, 0.2) is 36.4 Å². The molecule has 0 unspecified atom stereocenters. The molecule has 3 N–H and O–H groups in total. The van der Waals surface area contributed by atoms with Crippen LogP contribution in [0, 0.1) is 0 Å². The van der Waals surface area contributed by atoms with Gasteiger partial charge in [0.1, 0.15) is 0 Å². The van der Waals surface area contributed by atoms with Gasteiger partial charge in [0, 0.05) is 36.1 Å². The number of carbonyl (C=O) groups is 2. The molecule has 5 nitrogen and oxygen atoms in total. The molecule has 130 valence electrons. The topological polar surface area (TPSA) is 75.4 Å². The van der Waals surface area contributed by atoms with E-state index in [-0.39, 0.29) is 36.6 Å². The summed E-state index contributed by atoms with van der Waals surface area (Å²) in [7, 11) is 0. The van der Waals surface area contributed by atoms with Crippen molar-refractivity contribution in [2.45, 2.75) is 6.42 Å². The van der Waals surface area contributed by atoms with Crippen LogP contribution in [-0.4, -0.2) is 42.9 Å². The van der Waals surface area contributed by atoms with Crippen LogP contribution in [0.5, 0.6) is 0 Å². The Morgan fingerprint density at radius 1 is 0.917 bits per heavy atom. The van der Waals surface area contributed by atoms with Gasteiger partial charge in [0.25, 0.3) is 11.8 Å². The number of halogens is 2. The molecule has 0 aromatic heterocycles. The Morgan fingerprint density at radius 2 is 1.50 bits per heavy atom. The minimum atomic E-state index is -0.201. The zero-order valence-corrected chi connectivity index (χ0v) is 14.8. The molecule has 0 saturated heterocycles. The molecule has 1 aliphatic heterocycles. The van der Waals surface area contributed by atoms with E-state index >= 15 is 0 Å². The first-order chi connectivity index (χ1) is 10.7. The number of benzene rings is 2. The minimum absolute atomic E-state index is 0. The van der Waals surface area contributed by atoms with E-state index in [1.807, 2.05) is 24.3 Å². The van der Waals surface area contributed by atoms with E-state index in [2.05, 4.69) is 5.32 Å². The average Bonchev–Trinajstić information content (AvgIpc) is 2.55. The Kier molecular flexibility index (Phi) is 7.63. The maximum absolute atomic E-state index is 12.6. The average molecular weight is 370 g/mol. The first kappa shape index (κ1) is 20.4. The lowest BCUT2D eigenvalue weighted by Gasteiger charge is -2.27. The fourth-order valence-corrected chi connectivity index (χ4v) is 2.87. The van der Waals surface area contributed by atoms with Crippen molar-refractivity contribution in [1.29, 1.82) is 0 Å². The number of rotatable bonds is 6. The van der Waals surface area contributed by atoms with Crippen LogP contribution in [0.3, 0.4) is 0 Å². The van der Waals surface area contributed by atoms with Crippen molar-refractivity contribution in [3.8, 4) is 0 Å². The normalized spacial score (nSPS) is 12.8. The molecule has 7 heteroatoms. The number of hydrogen-bond donors (Lipinski definition) is 2. The molecule has 24 heavy (non-hydrogen) atoms. The van der Waals surface area contributed by atoms with E-state index in [4.69, 9.17) is 5.73 Å². The van der Waals surface area contributed by atoms with Gasteiger partial charge in [-0.05, 0) is 30.5 Å². The van der Waals surface area contributed by atoms with Gasteiger partial charge in [0.05, 0.1) is 0 Å². The Bertz CT molecular complexity index is 686. The first-order valence-electron chi connectivity index (χ1n) is 7.53. The summed E-state index contributed by atoms with van der Waals surface area (Å²) in [5, 5.41) is 4.88. The highest BCUT2D eigenvalue weighted by Gasteiger charge is 2.31. The third-order valence-electron chi connectivity index (χ3n) is 3.91. The van der Waals surface area contributed by atoms with Gasteiger partial charge in [-0.2, -0.15) is 0 Å². The molecule has 0 radical (unpaired) electrons. The van der Waals surface area contributed by atoms with E-state index < -0.39 is 0 Å². The molecule has 1 aliphatic rings.